The molecule has 0 aromatic heterocycles. The Morgan fingerprint density at radius 3 is 2.62 bits per heavy atom. The number of halogens is 1. The largest absolute Gasteiger partial charge is 0.493 e. The van der Waals surface area contributed by atoms with Gasteiger partial charge in [0.1, 0.15) is 0 Å². The first kappa shape index (κ1) is 21.0. The Bertz CT molecular complexity index is 572. The molecule has 0 bridgehead atoms. The van der Waals surface area contributed by atoms with Crippen LogP contribution in [-0.2, 0) is 0 Å². The number of methoxy groups -OCH3 is 1. The van der Waals surface area contributed by atoms with E-state index in [1.807, 2.05) is 6.92 Å². The molecule has 1 saturated heterocycles. The first-order valence-corrected chi connectivity index (χ1v) is 10.5. The highest BCUT2D eigenvalue weighted by atomic mass is 79.9. The summed E-state index contributed by atoms with van der Waals surface area (Å²) < 4.78 is 11.8. The molecule has 1 amide bonds. The number of benzene rings is 1. The number of hydrogen-bond donors (Lipinski definition) is 1. The standard InChI is InChI=1S/C20H31BrN2O3/c1-3-13-26-19-17(21)14-16(15-18(19)25-2)20(24)22-9-8-12-23-10-6-4-5-7-11-23/h14-15H,3-13H2,1-2H3,(H,22,24). The van der Waals surface area contributed by atoms with Gasteiger partial charge in [0.05, 0.1) is 18.2 Å². The van der Waals surface area contributed by atoms with Gasteiger partial charge < -0.3 is 19.7 Å². The molecule has 1 fully saturated rings. The van der Waals surface area contributed by atoms with Gasteiger partial charge in [0.25, 0.3) is 5.91 Å². The van der Waals surface area contributed by atoms with Crippen LogP contribution in [0.1, 0.15) is 55.8 Å². The Balaban J connectivity index is 1.85. The fourth-order valence-corrected chi connectivity index (χ4v) is 3.72. The maximum atomic E-state index is 12.5. The quantitative estimate of drug-likeness (QED) is 0.599. The van der Waals surface area contributed by atoms with Crippen LogP contribution in [-0.4, -0.2) is 50.7 Å². The average molecular weight is 427 g/mol. The summed E-state index contributed by atoms with van der Waals surface area (Å²) in [5.74, 6) is 1.14. The molecule has 1 N–H and O–H groups in total. The molecule has 0 spiro atoms. The molecule has 26 heavy (non-hydrogen) atoms. The van der Waals surface area contributed by atoms with E-state index in [1.54, 1.807) is 19.2 Å². The Labute approximate surface area is 165 Å². The van der Waals surface area contributed by atoms with Crippen molar-refractivity contribution in [1.82, 2.24) is 10.2 Å². The molecule has 1 aliphatic heterocycles. The van der Waals surface area contributed by atoms with Crippen molar-refractivity contribution < 1.29 is 14.3 Å². The van der Waals surface area contributed by atoms with Gasteiger partial charge in [-0.3, -0.25) is 4.79 Å². The molecule has 146 valence electrons. The van der Waals surface area contributed by atoms with Gasteiger partial charge in [0.15, 0.2) is 11.5 Å². The van der Waals surface area contributed by atoms with Crippen LogP contribution < -0.4 is 14.8 Å². The Morgan fingerprint density at radius 2 is 1.96 bits per heavy atom. The van der Waals surface area contributed by atoms with E-state index in [-0.39, 0.29) is 5.91 Å². The molecule has 0 radical (unpaired) electrons. The van der Waals surface area contributed by atoms with Gasteiger partial charge in [-0.2, -0.15) is 0 Å². The number of amides is 1. The van der Waals surface area contributed by atoms with Gasteiger partial charge in [0.2, 0.25) is 0 Å². The van der Waals surface area contributed by atoms with Crippen LogP contribution in [0.15, 0.2) is 16.6 Å². The van der Waals surface area contributed by atoms with E-state index in [1.165, 1.54) is 38.8 Å². The third-order valence-corrected chi connectivity index (χ3v) is 5.17. The van der Waals surface area contributed by atoms with Crippen LogP contribution in [0.3, 0.4) is 0 Å². The van der Waals surface area contributed by atoms with Gasteiger partial charge in [-0.05, 0) is 73.4 Å². The predicted octanol–water partition coefficient (Wildman–Crippen LogP) is 4.24. The summed E-state index contributed by atoms with van der Waals surface area (Å²) in [6.07, 6.45) is 7.18. The van der Waals surface area contributed by atoms with Crippen LogP contribution >= 0.6 is 15.9 Å². The molecular weight excluding hydrogens is 396 g/mol. The lowest BCUT2D eigenvalue weighted by molar-refractivity contribution is 0.0951. The van der Waals surface area contributed by atoms with E-state index < -0.39 is 0 Å². The highest BCUT2D eigenvalue weighted by Crippen LogP contribution is 2.36. The van der Waals surface area contributed by atoms with Crippen molar-refractivity contribution in [3.05, 3.63) is 22.2 Å². The van der Waals surface area contributed by atoms with Crippen molar-refractivity contribution in [2.75, 3.05) is 39.9 Å². The van der Waals surface area contributed by atoms with E-state index >= 15 is 0 Å². The fourth-order valence-electron chi connectivity index (χ4n) is 3.16. The molecule has 1 aliphatic rings. The van der Waals surface area contributed by atoms with Crippen molar-refractivity contribution in [2.45, 2.75) is 45.4 Å². The summed E-state index contributed by atoms with van der Waals surface area (Å²) in [6.45, 7) is 6.78. The summed E-state index contributed by atoms with van der Waals surface area (Å²) in [7, 11) is 1.59. The maximum Gasteiger partial charge on any atom is 0.251 e. The SMILES string of the molecule is CCCOc1c(Br)cc(C(=O)NCCCN2CCCCCC2)cc1OC. The zero-order valence-electron chi connectivity index (χ0n) is 16.0. The molecular formula is C20H31BrN2O3. The minimum atomic E-state index is -0.0816. The lowest BCUT2D eigenvalue weighted by Crippen LogP contribution is -2.30. The Kier molecular flexibility index (Phi) is 9.26. The number of nitrogens with one attached hydrogen (secondary N) is 1. The van der Waals surface area contributed by atoms with E-state index in [0.717, 1.165) is 23.9 Å². The second-order valence-corrected chi connectivity index (χ2v) is 7.56. The summed E-state index contributed by atoms with van der Waals surface area (Å²) in [4.78, 5) is 15.0. The van der Waals surface area contributed by atoms with Crippen molar-refractivity contribution in [3.63, 3.8) is 0 Å². The predicted molar refractivity (Wildman–Crippen MR) is 108 cm³/mol. The number of nitrogens with zero attached hydrogens (tertiary/aromatic N) is 1. The molecule has 5 nitrogen and oxygen atoms in total. The molecule has 6 heteroatoms. The van der Waals surface area contributed by atoms with Crippen LogP contribution in [0.2, 0.25) is 0 Å². The Hall–Kier alpha value is -1.27. The van der Waals surface area contributed by atoms with Gasteiger partial charge in [0, 0.05) is 12.1 Å². The van der Waals surface area contributed by atoms with E-state index in [4.69, 9.17) is 9.47 Å². The minimum Gasteiger partial charge on any atom is -0.493 e. The molecule has 1 aromatic rings. The van der Waals surface area contributed by atoms with Crippen molar-refractivity contribution >= 4 is 21.8 Å². The molecule has 0 aliphatic carbocycles. The van der Waals surface area contributed by atoms with Crippen LogP contribution in [0.25, 0.3) is 0 Å². The lowest BCUT2D eigenvalue weighted by Gasteiger charge is -2.19. The van der Waals surface area contributed by atoms with E-state index in [0.29, 0.717) is 30.2 Å². The molecule has 0 saturated carbocycles. The number of rotatable bonds is 9. The molecule has 1 heterocycles. The van der Waals surface area contributed by atoms with Crippen molar-refractivity contribution in [3.8, 4) is 11.5 Å². The van der Waals surface area contributed by atoms with E-state index in [2.05, 4.69) is 26.1 Å². The number of hydrogen-bond acceptors (Lipinski definition) is 4. The normalized spacial score (nSPS) is 15.3. The number of likely N-dealkylation sites (tertiary alicyclic amines) is 1. The van der Waals surface area contributed by atoms with E-state index in [9.17, 15) is 4.79 Å². The number of carbonyl (C=O) groups is 1. The monoisotopic (exact) mass is 426 g/mol. The first-order chi connectivity index (χ1) is 12.7. The van der Waals surface area contributed by atoms with Crippen LogP contribution in [0.4, 0.5) is 0 Å². The van der Waals surface area contributed by atoms with Crippen LogP contribution in [0, 0.1) is 0 Å². The second-order valence-electron chi connectivity index (χ2n) is 6.70. The second kappa shape index (κ2) is 11.4. The number of ether oxygens (including phenoxy) is 2. The Morgan fingerprint density at radius 1 is 1.23 bits per heavy atom. The average Bonchev–Trinajstić information content (AvgIpc) is 2.92. The minimum absolute atomic E-state index is 0.0816. The summed E-state index contributed by atoms with van der Waals surface area (Å²) >= 11 is 3.49. The van der Waals surface area contributed by atoms with Crippen molar-refractivity contribution in [1.29, 1.82) is 0 Å². The van der Waals surface area contributed by atoms with Gasteiger partial charge in [-0.15, -0.1) is 0 Å². The van der Waals surface area contributed by atoms with Gasteiger partial charge in [-0.1, -0.05) is 19.8 Å². The highest BCUT2D eigenvalue weighted by Gasteiger charge is 2.15. The maximum absolute atomic E-state index is 12.5. The third kappa shape index (κ3) is 6.47. The van der Waals surface area contributed by atoms with Crippen molar-refractivity contribution in [2.24, 2.45) is 0 Å². The summed E-state index contributed by atoms with van der Waals surface area (Å²) in [5.41, 5.74) is 0.576. The third-order valence-electron chi connectivity index (χ3n) is 4.58. The van der Waals surface area contributed by atoms with Gasteiger partial charge in [-0.25, -0.2) is 0 Å². The summed E-state index contributed by atoms with van der Waals surface area (Å²) in [6, 6.07) is 3.53. The lowest BCUT2D eigenvalue weighted by atomic mass is 10.2. The summed E-state index contributed by atoms with van der Waals surface area (Å²) in [5, 5.41) is 3.01. The fraction of sp³-hybridized carbons (Fsp3) is 0.650. The molecule has 0 unspecified atom stereocenters. The zero-order valence-corrected chi connectivity index (χ0v) is 17.6. The molecule has 0 atom stereocenters. The van der Waals surface area contributed by atoms with Gasteiger partial charge >= 0.3 is 0 Å². The smallest absolute Gasteiger partial charge is 0.251 e. The highest BCUT2D eigenvalue weighted by molar-refractivity contribution is 9.10. The zero-order chi connectivity index (χ0) is 18.8. The molecule has 1 aromatic carbocycles. The first-order valence-electron chi connectivity index (χ1n) is 9.66. The topological polar surface area (TPSA) is 50.8 Å². The molecule has 2 rings (SSSR count). The van der Waals surface area contributed by atoms with Crippen LogP contribution in [0.5, 0.6) is 11.5 Å². The number of carbonyl (C=O) groups excluding carboxylic acids is 1.